The molecule has 2 rings (SSSR count). The normalized spacial score (nSPS) is 10.8. The molecule has 0 aliphatic rings. The summed E-state index contributed by atoms with van der Waals surface area (Å²) in [6.45, 7) is 0. The highest BCUT2D eigenvalue weighted by Gasteiger charge is 2.07. The highest BCUT2D eigenvalue weighted by molar-refractivity contribution is 5.59. The second-order valence-corrected chi connectivity index (χ2v) is 3.28. The fourth-order valence-electron chi connectivity index (χ4n) is 1.36. The fourth-order valence-corrected chi connectivity index (χ4v) is 1.36. The van der Waals surface area contributed by atoms with Crippen molar-refractivity contribution in [3.05, 3.63) is 54.0 Å². The quantitative estimate of drug-likeness (QED) is 0.754. The third kappa shape index (κ3) is 2.21. The predicted molar refractivity (Wildman–Crippen MR) is 54.6 cm³/mol. The molecule has 0 fully saturated rings. The van der Waals surface area contributed by atoms with Gasteiger partial charge in [-0.05, 0) is 6.07 Å². The Bertz CT molecular complexity index is 480. The van der Waals surface area contributed by atoms with E-state index < -0.39 is 12.2 Å². The number of hydrogen-bond donors (Lipinski definition) is 0. The van der Waals surface area contributed by atoms with Gasteiger partial charge in [0, 0.05) is 23.4 Å². The molecule has 0 radical (unpaired) electrons. The molecule has 1 aromatic heterocycles. The summed E-state index contributed by atoms with van der Waals surface area (Å²) in [4.78, 5) is 3.96. The van der Waals surface area contributed by atoms with Crippen LogP contribution in [0.1, 0.15) is 12.0 Å². The number of alkyl halides is 2. The van der Waals surface area contributed by atoms with Gasteiger partial charge in [-0.3, -0.25) is 4.98 Å². The SMILES string of the molecule is Fc1ccnc(-c2ccc(C(F)F)cc2)c1. The van der Waals surface area contributed by atoms with Gasteiger partial charge in [-0.1, -0.05) is 24.3 Å². The Morgan fingerprint density at radius 1 is 1.00 bits per heavy atom. The molecule has 0 N–H and O–H groups in total. The number of hydrogen-bond acceptors (Lipinski definition) is 1. The number of benzene rings is 1. The first-order valence-electron chi connectivity index (χ1n) is 4.67. The van der Waals surface area contributed by atoms with E-state index in [0.717, 1.165) is 0 Å². The Morgan fingerprint density at radius 2 is 1.69 bits per heavy atom. The smallest absolute Gasteiger partial charge is 0.256 e. The van der Waals surface area contributed by atoms with Gasteiger partial charge in [0.2, 0.25) is 0 Å². The summed E-state index contributed by atoms with van der Waals surface area (Å²) in [5.74, 6) is -0.400. The maximum Gasteiger partial charge on any atom is 0.263 e. The van der Waals surface area contributed by atoms with E-state index in [1.165, 1.54) is 42.6 Å². The molecule has 0 aliphatic carbocycles. The van der Waals surface area contributed by atoms with E-state index in [9.17, 15) is 13.2 Å². The van der Waals surface area contributed by atoms with Crippen LogP contribution < -0.4 is 0 Å². The topological polar surface area (TPSA) is 12.9 Å². The molecule has 0 saturated heterocycles. The number of nitrogens with zero attached hydrogens (tertiary/aromatic N) is 1. The lowest BCUT2D eigenvalue weighted by atomic mass is 10.1. The van der Waals surface area contributed by atoms with Crippen molar-refractivity contribution in [2.75, 3.05) is 0 Å². The van der Waals surface area contributed by atoms with Crippen LogP contribution in [0.3, 0.4) is 0 Å². The largest absolute Gasteiger partial charge is 0.263 e. The van der Waals surface area contributed by atoms with Gasteiger partial charge in [0.15, 0.2) is 0 Å². The van der Waals surface area contributed by atoms with Crippen molar-refractivity contribution in [3.63, 3.8) is 0 Å². The molecule has 1 heterocycles. The molecular formula is C12H8F3N. The minimum Gasteiger partial charge on any atom is -0.256 e. The van der Waals surface area contributed by atoms with Crippen LogP contribution in [0.4, 0.5) is 13.2 Å². The van der Waals surface area contributed by atoms with Crippen LogP contribution in [0, 0.1) is 5.82 Å². The Kier molecular flexibility index (Phi) is 2.90. The molecule has 1 nitrogen and oxygen atoms in total. The Balaban J connectivity index is 2.35. The third-order valence-corrected chi connectivity index (χ3v) is 2.18. The molecule has 1 aromatic carbocycles. The average molecular weight is 223 g/mol. The van der Waals surface area contributed by atoms with Crippen LogP contribution in [-0.4, -0.2) is 4.98 Å². The number of pyridine rings is 1. The lowest BCUT2D eigenvalue weighted by Crippen LogP contribution is -1.87. The summed E-state index contributed by atoms with van der Waals surface area (Å²) in [5.41, 5.74) is 0.991. The van der Waals surface area contributed by atoms with Gasteiger partial charge >= 0.3 is 0 Å². The average Bonchev–Trinajstić information content (AvgIpc) is 2.29. The second kappa shape index (κ2) is 4.35. The minimum absolute atomic E-state index is 0.0554. The van der Waals surface area contributed by atoms with Crippen LogP contribution >= 0.6 is 0 Å². The van der Waals surface area contributed by atoms with Crippen LogP contribution in [0.25, 0.3) is 11.3 Å². The standard InChI is InChI=1S/C12H8F3N/c13-10-5-6-16-11(7-10)8-1-3-9(4-2-8)12(14)15/h1-7,12H. The number of aromatic nitrogens is 1. The van der Waals surface area contributed by atoms with Crippen molar-refractivity contribution in [1.82, 2.24) is 4.98 Å². The molecule has 0 bridgehead atoms. The molecule has 2 aromatic rings. The molecule has 0 aliphatic heterocycles. The fraction of sp³-hybridized carbons (Fsp3) is 0.0833. The van der Waals surface area contributed by atoms with Gasteiger partial charge in [0.05, 0.1) is 5.69 Å². The Labute approximate surface area is 90.6 Å². The first-order chi connectivity index (χ1) is 7.66. The van der Waals surface area contributed by atoms with E-state index >= 15 is 0 Å². The number of halogens is 3. The molecule has 0 amide bonds. The van der Waals surface area contributed by atoms with E-state index in [4.69, 9.17) is 0 Å². The summed E-state index contributed by atoms with van der Waals surface area (Å²) in [7, 11) is 0. The predicted octanol–water partition coefficient (Wildman–Crippen LogP) is 3.83. The zero-order chi connectivity index (χ0) is 11.5. The molecule has 4 heteroatoms. The maximum absolute atomic E-state index is 12.9. The highest BCUT2D eigenvalue weighted by atomic mass is 19.3. The second-order valence-electron chi connectivity index (χ2n) is 3.28. The van der Waals surface area contributed by atoms with E-state index in [1.807, 2.05) is 0 Å². The molecular weight excluding hydrogens is 215 g/mol. The minimum atomic E-state index is -2.49. The molecule has 16 heavy (non-hydrogen) atoms. The van der Waals surface area contributed by atoms with E-state index in [-0.39, 0.29) is 5.56 Å². The monoisotopic (exact) mass is 223 g/mol. The summed E-state index contributed by atoms with van der Waals surface area (Å²) in [6, 6.07) is 8.13. The molecule has 82 valence electrons. The Morgan fingerprint density at radius 3 is 2.25 bits per heavy atom. The summed E-state index contributed by atoms with van der Waals surface area (Å²) >= 11 is 0. The van der Waals surface area contributed by atoms with Crippen LogP contribution in [-0.2, 0) is 0 Å². The van der Waals surface area contributed by atoms with Crippen molar-refractivity contribution in [3.8, 4) is 11.3 Å². The van der Waals surface area contributed by atoms with Crippen molar-refractivity contribution < 1.29 is 13.2 Å². The van der Waals surface area contributed by atoms with Gasteiger partial charge < -0.3 is 0 Å². The van der Waals surface area contributed by atoms with Crippen molar-refractivity contribution in [1.29, 1.82) is 0 Å². The van der Waals surface area contributed by atoms with Crippen LogP contribution in [0.15, 0.2) is 42.6 Å². The summed E-state index contributed by atoms with van der Waals surface area (Å²) in [5, 5.41) is 0. The summed E-state index contributed by atoms with van der Waals surface area (Å²) < 4.78 is 37.5. The molecule has 0 spiro atoms. The lowest BCUT2D eigenvalue weighted by molar-refractivity contribution is 0.151. The molecule has 0 unspecified atom stereocenters. The van der Waals surface area contributed by atoms with Crippen molar-refractivity contribution in [2.45, 2.75) is 6.43 Å². The highest BCUT2D eigenvalue weighted by Crippen LogP contribution is 2.23. The van der Waals surface area contributed by atoms with Crippen LogP contribution in [0.5, 0.6) is 0 Å². The Hall–Kier alpha value is -1.84. The van der Waals surface area contributed by atoms with E-state index in [0.29, 0.717) is 11.3 Å². The van der Waals surface area contributed by atoms with E-state index in [2.05, 4.69) is 4.98 Å². The molecule has 0 saturated carbocycles. The molecule has 0 atom stereocenters. The van der Waals surface area contributed by atoms with Gasteiger partial charge in [0.1, 0.15) is 5.82 Å². The first-order valence-corrected chi connectivity index (χ1v) is 4.67. The van der Waals surface area contributed by atoms with Gasteiger partial charge in [0.25, 0.3) is 6.43 Å². The van der Waals surface area contributed by atoms with Crippen LogP contribution in [0.2, 0.25) is 0 Å². The lowest BCUT2D eigenvalue weighted by Gasteiger charge is -2.03. The summed E-state index contributed by atoms with van der Waals surface area (Å²) in [6.07, 6.45) is -1.15. The zero-order valence-electron chi connectivity index (χ0n) is 8.20. The van der Waals surface area contributed by atoms with Gasteiger partial charge in [-0.15, -0.1) is 0 Å². The van der Waals surface area contributed by atoms with Gasteiger partial charge in [-0.2, -0.15) is 0 Å². The zero-order valence-corrected chi connectivity index (χ0v) is 8.20. The maximum atomic E-state index is 12.9. The van der Waals surface area contributed by atoms with Crippen molar-refractivity contribution >= 4 is 0 Å². The first kappa shape index (κ1) is 10.7. The van der Waals surface area contributed by atoms with E-state index in [1.54, 1.807) is 0 Å². The number of rotatable bonds is 2. The van der Waals surface area contributed by atoms with Crippen molar-refractivity contribution in [2.24, 2.45) is 0 Å². The third-order valence-electron chi connectivity index (χ3n) is 2.18. The van der Waals surface area contributed by atoms with Gasteiger partial charge in [-0.25, -0.2) is 13.2 Å².